The van der Waals surface area contributed by atoms with Gasteiger partial charge in [-0.1, -0.05) is 0 Å². The van der Waals surface area contributed by atoms with Crippen LogP contribution < -0.4 is 21.2 Å². The van der Waals surface area contributed by atoms with Crippen molar-refractivity contribution < 1.29 is 22.7 Å². The second kappa shape index (κ2) is 10.5. The minimum absolute atomic E-state index is 0.0256. The van der Waals surface area contributed by atoms with E-state index in [1.165, 1.54) is 21.6 Å². The van der Waals surface area contributed by atoms with E-state index in [4.69, 9.17) is 0 Å². The quantitative estimate of drug-likeness (QED) is 0.492. The number of fused-ring (bicyclic) bond motifs is 1. The maximum atomic E-state index is 13.1. The number of nitrogens with one attached hydrogen (secondary N) is 1. The predicted octanol–water partition coefficient (Wildman–Crippen LogP) is 3.39. The highest BCUT2D eigenvalue weighted by molar-refractivity contribution is 5.75. The van der Waals surface area contributed by atoms with Gasteiger partial charge in [0.15, 0.2) is 5.82 Å². The van der Waals surface area contributed by atoms with Crippen molar-refractivity contribution in [2.24, 2.45) is 0 Å². The Kier molecular flexibility index (Phi) is 7.37. The first kappa shape index (κ1) is 26.0. The van der Waals surface area contributed by atoms with Gasteiger partial charge in [0.25, 0.3) is 11.1 Å². The highest BCUT2D eigenvalue weighted by Gasteiger charge is 2.31. The Hall–Kier alpha value is -4.09. The molecule has 37 heavy (non-hydrogen) atoms. The molecule has 0 atom stereocenters. The molecule has 0 aliphatic heterocycles. The lowest BCUT2D eigenvalue weighted by Crippen LogP contribution is -2.28. The van der Waals surface area contributed by atoms with Gasteiger partial charge in [-0.15, -0.1) is 18.3 Å². The second-order valence-electron chi connectivity index (χ2n) is 8.86. The summed E-state index contributed by atoms with van der Waals surface area (Å²) in [7, 11) is 3.35. The molecule has 2 heterocycles. The number of amides is 1. The number of hydrogen-bond donors (Lipinski definition) is 1. The molecule has 0 radical (unpaired) electrons. The van der Waals surface area contributed by atoms with Crippen molar-refractivity contribution in [2.75, 3.05) is 19.4 Å². The summed E-state index contributed by atoms with van der Waals surface area (Å²) in [6.45, 7) is 0.352. The van der Waals surface area contributed by atoms with Gasteiger partial charge in [-0.2, -0.15) is 4.68 Å². The van der Waals surface area contributed by atoms with E-state index < -0.39 is 12.1 Å². The molecule has 1 aliphatic carbocycles. The third-order valence-electron chi connectivity index (χ3n) is 6.03. The molecule has 0 bridgehead atoms. The van der Waals surface area contributed by atoms with Crippen molar-refractivity contribution in [1.82, 2.24) is 19.2 Å². The van der Waals surface area contributed by atoms with E-state index in [9.17, 15) is 27.6 Å². The zero-order valence-corrected chi connectivity index (χ0v) is 20.3. The van der Waals surface area contributed by atoms with Crippen LogP contribution in [0.2, 0.25) is 0 Å². The van der Waals surface area contributed by atoms with Crippen molar-refractivity contribution in [3.8, 4) is 11.4 Å². The van der Waals surface area contributed by atoms with E-state index in [1.54, 1.807) is 32.4 Å². The number of aryl methyl sites for hydroxylation is 1. The van der Waals surface area contributed by atoms with Gasteiger partial charge in [0.1, 0.15) is 11.4 Å². The van der Waals surface area contributed by atoms with Gasteiger partial charge in [0.05, 0.1) is 5.69 Å². The lowest BCUT2D eigenvalue weighted by Gasteiger charge is -2.15. The number of benzene rings is 1. The van der Waals surface area contributed by atoms with Gasteiger partial charge in [-0.3, -0.25) is 14.4 Å². The summed E-state index contributed by atoms with van der Waals surface area (Å²) >= 11 is 0. The number of hydrogen-bond acceptors (Lipinski definition) is 6. The first-order valence-corrected chi connectivity index (χ1v) is 11.7. The lowest BCUT2D eigenvalue weighted by molar-refractivity contribution is -0.274. The maximum Gasteiger partial charge on any atom is 0.573 e. The molecule has 1 aliphatic rings. The van der Waals surface area contributed by atoms with E-state index in [-0.39, 0.29) is 28.4 Å². The molecule has 1 N–H and O–H groups in total. The van der Waals surface area contributed by atoms with Crippen molar-refractivity contribution >= 4 is 17.4 Å². The van der Waals surface area contributed by atoms with Crippen molar-refractivity contribution in [3.63, 3.8) is 0 Å². The van der Waals surface area contributed by atoms with Crippen LogP contribution in [-0.2, 0) is 24.2 Å². The molecule has 1 amide bonds. The van der Waals surface area contributed by atoms with Crippen LogP contribution in [0.5, 0.6) is 5.75 Å². The zero-order chi connectivity index (χ0) is 26.7. The fourth-order valence-electron chi connectivity index (χ4n) is 4.20. The molecule has 0 saturated carbocycles. The Morgan fingerprint density at radius 1 is 1.08 bits per heavy atom. The second-order valence-corrected chi connectivity index (χ2v) is 8.86. The van der Waals surface area contributed by atoms with Crippen LogP contribution in [0, 0.1) is 0 Å². The topological polar surface area (TPSA) is 98.5 Å². The molecule has 0 saturated heterocycles. The summed E-state index contributed by atoms with van der Waals surface area (Å²) in [5, 5.41) is 7.48. The smallest absolute Gasteiger partial charge is 0.406 e. The molecule has 0 unspecified atom stereocenters. The third kappa shape index (κ3) is 6.01. The molecule has 0 spiro atoms. The Morgan fingerprint density at radius 3 is 2.46 bits per heavy atom. The number of halogens is 3. The minimum Gasteiger partial charge on any atom is -0.406 e. The van der Waals surface area contributed by atoms with E-state index in [0.717, 1.165) is 23.2 Å². The van der Waals surface area contributed by atoms with Crippen molar-refractivity contribution in [3.05, 3.63) is 74.4 Å². The van der Waals surface area contributed by atoms with Gasteiger partial charge in [0.2, 0.25) is 5.91 Å². The highest BCUT2D eigenvalue weighted by atomic mass is 19.4. The van der Waals surface area contributed by atoms with Gasteiger partial charge in [-0.25, -0.2) is 0 Å². The van der Waals surface area contributed by atoms with Crippen LogP contribution in [0.3, 0.4) is 0 Å². The standard InChI is InChI=1S/C25H26F3N5O4/c1-31(2)21(34)9-5-15-32-14-4-8-20(24(32)36)29-22-18-6-3-7-19(18)23(35)33(30-22)16-10-12-17(13-11-16)37-25(26,27)28/h4,8,10-14H,3,5-7,9,15H2,1-2H3,(H,29,30). The fraction of sp³-hybridized carbons (Fsp3) is 0.360. The molecule has 4 rings (SSSR count). The summed E-state index contributed by atoms with van der Waals surface area (Å²) in [5.41, 5.74) is 1.10. The van der Waals surface area contributed by atoms with Crippen LogP contribution in [0.1, 0.15) is 30.4 Å². The summed E-state index contributed by atoms with van der Waals surface area (Å²) < 4.78 is 44.0. The predicted molar refractivity (Wildman–Crippen MR) is 130 cm³/mol. The third-order valence-corrected chi connectivity index (χ3v) is 6.03. The number of nitrogens with zero attached hydrogens (tertiary/aromatic N) is 4. The van der Waals surface area contributed by atoms with Crippen molar-refractivity contribution in [1.29, 1.82) is 0 Å². The SMILES string of the molecule is CN(C)C(=O)CCCn1cccc(Nc2nn(-c3ccc(OC(F)(F)F)cc3)c(=O)c3c2CCC3)c1=O. The molecular formula is C25H26F3N5O4. The number of aromatic nitrogens is 3. The van der Waals surface area contributed by atoms with E-state index in [2.05, 4.69) is 15.2 Å². The number of pyridine rings is 1. The maximum absolute atomic E-state index is 13.1. The zero-order valence-electron chi connectivity index (χ0n) is 20.3. The summed E-state index contributed by atoms with van der Waals surface area (Å²) in [6.07, 6.45) is -0.520. The van der Waals surface area contributed by atoms with Gasteiger partial charge in [-0.05, 0) is 62.1 Å². The first-order chi connectivity index (χ1) is 17.5. The Labute approximate surface area is 210 Å². The number of carbonyl (C=O) groups excluding carboxylic acids is 1. The molecule has 0 fully saturated rings. The fourth-order valence-corrected chi connectivity index (χ4v) is 4.20. The minimum atomic E-state index is -4.83. The number of rotatable bonds is 8. The molecule has 1 aromatic carbocycles. The molecule has 196 valence electrons. The van der Waals surface area contributed by atoms with Crippen molar-refractivity contribution in [2.45, 2.75) is 45.0 Å². The van der Waals surface area contributed by atoms with Gasteiger partial charge < -0.3 is 19.5 Å². The summed E-state index contributed by atoms with van der Waals surface area (Å²) in [4.78, 5) is 39.5. The number of ether oxygens (including phenoxy) is 1. The monoisotopic (exact) mass is 517 g/mol. The normalized spacial score (nSPS) is 12.8. The lowest BCUT2D eigenvalue weighted by atomic mass is 10.2. The Balaban J connectivity index is 1.62. The van der Waals surface area contributed by atoms with Crippen LogP contribution >= 0.6 is 0 Å². The summed E-state index contributed by atoms with van der Waals surface area (Å²) in [5.74, 6) is -0.108. The van der Waals surface area contributed by atoms with Gasteiger partial charge in [0, 0.05) is 44.4 Å². The molecule has 12 heteroatoms. The average molecular weight is 518 g/mol. The largest absolute Gasteiger partial charge is 0.573 e. The highest BCUT2D eigenvalue weighted by Crippen LogP contribution is 2.28. The molecule has 9 nitrogen and oxygen atoms in total. The molecule has 3 aromatic rings. The summed E-state index contributed by atoms with van der Waals surface area (Å²) in [6, 6.07) is 8.14. The Morgan fingerprint density at radius 2 is 1.78 bits per heavy atom. The van der Waals surface area contributed by atoms with Crippen LogP contribution in [-0.4, -0.2) is 45.6 Å². The van der Waals surface area contributed by atoms with Crippen LogP contribution in [0.15, 0.2) is 52.2 Å². The van der Waals surface area contributed by atoms with E-state index in [1.807, 2.05) is 0 Å². The number of alkyl halides is 3. The first-order valence-electron chi connectivity index (χ1n) is 11.7. The molecular weight excluding hydrogens is 491 g/mol. The average Bonchev–Trinajstić information content (AvgIpc) is 3.33. The van der Waals surface area contributed by atoms with Gasteiger partial charge >= 0.3 is 6.36 Å². The van der Waals surface area contributed by atoms with Crippen LogP contribution in [0.25, 0.3) is 5.69 Å². The van der Waals surface area contributed by atoms with E-state index >= 15 is 0 Å². The Bertz CT molecular complexity index is 1410. The number of carbonyl (C=O) groups is 1. The van der Waals surface area contributed by atoms with E-state index in [0.29, 0.717) is 49.2 Å². The van der Waals surface area contributed by atoms with Crippen LogP contribution in [0.4, 0.5) is 24.7 Å². The molecule has 2 aromatic heterocycles. The number of anilines is 2.